The fourth-order valence-electron chi connectivity index (χ4n) is 4.50. The number of rotatable bonds is 30. The number of carbonyl (C=O) groups is 2. The molecule has 220 valence electrons. The molecule has 0 bridgehead atoms. The lowest BCUT2D eigenvalue weighted by Gasteiger charge is -2.05. The zero-order valence-corrected chi connectivity index (χ0v) is 26.9. The number of hydrogen-bond acceptors (Lipinski definition) is 5. The predicted molar refractivity (Wildman–Crippen MR) is 170 cm³/mol. The van der Waals surface area contributed by atoms with Gasteiger partial charge in [-0.25, -0.2) is 0 Å². The van der Waals surface area contributed by atoms with E-state index in [4.69, 9.17) is 0 Å². The molecule has 7 heteroatoms. The molecule has 0 unspecified atom stereocenters. The average molecular weight is 577 g/mol. The molecule has 0 aliphatic carbocycles. The maximum Gasteiger partial charge on any atom is 0.230 e. The van der Waals surface area contributed by atoms with Crippen molar-refractivity contribution in [1.82, 2.24) is 9.44 Å². The standard InChI is InChI=1S/C30H60N2O2S3/c1-3-5-7-9-11-13-15-17-19-21-23-25-27-29(33)31-35-37-36-32-30(34)28-26-24-22-20-18-16-14-12-10-8-6-4-2/h3-28H2,1-2H3,(H,31,33)(H,32,34). The van der Waals surface area contributed by atoms with Gasteiger partial charge in [0, 0.05) is 44.6 Å². The van der Waals surface area contributed by atoms with Gasteiger partial charge in [-0.3, -0.25) is 19.0 Å². The Morgan fingerprint density at radius 3 is 0.919 bits per heavy atom. The Balaban J connectivity index is 3.27. The first kappa shape index (κ1) is 37.0. The number of hydrogen-bond donors (Lipinski definition) is 2. The Bertz CT molecular complexity index is 453. The van der Waals surface area contributed by atoms with Crippen molar-refractivity contribution >= 4 is 43.6 Å². The van der Waals surface area contributed by atoms with Crippen LogP contribution in [0.15, 0.2) is 0 Å². The zero-order chi connectivity index (χ0) is 27.1. The molecule has 0 rings (SSSR count). The molecule has 0 aromatic rings. The SMILES string of the molecule is CCCCCCCCCCCCCCC(=O)NSSSNC(=O)CCCCCCCCCCCCCC. The van der Waals surface area contributed by atoms with Gasteiger partial charge in [0.15, 0.2) is 0 Å². The molecule has 0 atom stereocenters. The van der Waals surface area contributed by atoms with E-state index in [2.05, 4.69) is 23.3 Å². The summed E-state index contributed by atoms with van der Waals surface area (Å²) in [5, 5.41) is 0. The van der Waals surface area contributed by atoms with Crippen LogP contribution in [0.5, 0.6) is 0 Å². The largest absolute Gasteiger partial charge is 0.290 e. The maximum atomic E-state index is 11.9. The minimum absolute atomic E-state index is 0.0907. The van der Waals surface area contributed by atoms with Gasteiger partial charge in [0.2, 0.25) is 11.8 Å². The summed E-state index contributed by atoms with van der Waals surface area (Å²) in [6.45, 7) is 4.53. The van der Waals surface area contributed by atoms with E-state index < -0.39 is 0 Å². The van der Waals surface area contributed by atoms with E-state index in [-0.39, 0.29) is 11.8 Å². The molecule has 37 heavy (non-hydrogen) atoms. The van der Waals surface area contributed by atoms with Gasteiger partial charge in [0.1, 0.15) is 0 Å². The van der Waals surface area contributed by atoms with Crippen LogP contribution in [0, 0.1) is 0 Å². The van der Waals surface area contributed by atoms with Crippen molar-refractivity contribution in [2.75, 3.05) is 0 Å². The fourth-order valence-corrected chi connectivity index (χ4v) is 6.77. The lowest BCUT2D eigenvalue weighted by atomic mass is 10.0. The van der Waals surface area contributed by atoms with Gasteiger partial charge in [-0.1, -0.05) is 155 Å². The first-order valence-corrected chi connectivity index (χ1v) is 19.3. The topological polar surface area (TPSA) is 58.2 Å². The van der Waals surface area contributed by atoms with Crippen LogP contribution < -0.4 is 9.44 Å². The molecule has 0 radical (unpaired) electrons. The fraction of sp³-hybridized carbons (Fsp3) is 0.933. The molecule has 0 aliphatic heterocycles. The molecule has 0 saturated carbocycles. The van der Waals surface area contributed by atoms with Crippen LogP contribution in [-0.4, -0.2) is 11.8 Å². The van der Waals surface area contributed by atoms with Crippen LogP contribution >= 0.6 is 31.8 Å². The van der Waals surface area contributed by atoms with Gasteiger partial charge in [-0.15, -0.1) is 0 Å². The molecule has 0 fully saturated rings. The summed E-state index contributed by atoms with van der Waals surface area (Å²) in [4.78, 5) is 23.8. The summed E-state index contributed by atoms with van der Waals surface area (Å²) < 4.78 is 5.72. The van der Waals surface area contributed by atoms with E-state index in [0.717, 1.165) is 25.7 Å². The second-order valence-electron chi connectivity index (χ2n) is 10.6. The molecule has 2 N–H and O–H groups in total. The Labute approximate surface area is 242 Å². The van der Waals surface area contributed by atoms with Crippen molar-refractivity contribution in [3.05, 3.63) is 0 Å². The average Bonchev–Trinajstić information content (AvgIpc) is 2.89. The third kappa shape index (κ3) is 32.1. The predicted octanol–water partition coefficient (Wildman–Crippen LogP) is 11.3. The highest BCUT2D eigenvalue weighted by Gasteiger charge is 2.04. The first-order chi connectivity index (χ1) is 18.2. The van der Waals surface area contributed by atoms with Crippen molar-refractivity contribution in [2.45, 2.75) is 181 Å². The molecule has 0 spiro atoms. The lowest BCUT2D eigenvalue weighted by molar-refractivity contribution is -0.120. The molecule has 2 amide bonds. The lowest BCUT2D eigenvalue weighted by Crippen LogP contribution is -2.15. The van der Waals surface area contributed by atoms with Gasteiger partial charge in [0.25, 0.3) is 0 Å². The van der Waals surface area contributed by atoms with Gasteiger partial charge in [-0.2, -0.15) is 0 Å². The third-order valence-electron chi connectivity index (χ3n) is 6.89. The highest BCUT2D eigenvalue weighted by atomic mass is 33.5. The number of nitrogens with one attached hydrogen (secondary N) is 2. The monoisotopic (exact) mass is 576 g/mol. The number of amides is 2. The highest BCUT2D eigenvalue weighted by Crippen LogP contribution is 2.29. The second-order valence-corrected chi connectivity index (χ2v) is 14.1. The van der Waals surface area contributed by atoms with Crippen LogP contribution in [0.1, 0.15) is 181 Å². The minimum Gasteiger partial charge on any atom is -0.290 e. The minimum atomic E-state index is 0.0907. The van der Waals surface area contributed by atoms with Crippen LogP contribution in [0.2, 0.25) is 0 Å². The van der Waals surface area contributed by atoms with Crippen molar-refractivity contribution < 1.29 is 9.59 Å². The van der Waals surface area contributed by atoms with Crippen molar-refractivity contribution in [3.8, 4) is 0 Å². The summed E-state index contributed by atoms with van der Waals surface area (Å²) in [5.41, 5.74) is 0. The van der Waals surface area contributed by atoms with E-state index in [1.54, 1.807) is 0 Å². The summed E-state index contributed by atoms with van der Waals surface area (Å²) in [5.74, 6) is 0.181. The van der Waals surface area contributed by atoms with E-state index in [0.29, 0.717) is 12.8 Å². The Kier molecular flexibility index (Phi) is 32.2. The van der Waals surface area contributed by atoms with Gasteiger partial charge < -0.3 is 0 Å². The number of unbranched alkanes of at least 4 members (excludes halogenated alkanes) is 22. The summed E-state index contributed by atoms with van der Waals surface area (Å²) in [7, 11) is 4.00. The smallest absolute Gasteiger partial charge is 0.230 e. The number of carbonyl (C=O) groups excluding carboxylic acids is 2. The van der Waals surface area contributed by atoms with Crippen LogP contribution in [-0.2, 0) is 9.59 Å². The maximum absolute atomic E-state index is 11.9. The first-order valence-electron chi connectivity index (χ1n) is 15.8. The van der Waals surface area contributed by atoms with Crippen molar-refractivity contribution in [1.29, 1.82) is 0 Å². The Morgan fingerprint density at radius 1 is 0.405 bits per heavy atom. The zero-order valence-electron chi connectivity index (χ0n) is 24.4. The van der Waals surface area contributed by atoms with Crippen molar-refractivity contribution in [2.24, 2.45) is 0 Å². The van der Waals surface area contributed by atoms with E-state index >= 15 is 0 Å². The van der Waals surface area contributed by atoms with E-state index in [1.807, 2.05) is 0 Å². The molecule has 0 aromatic carbocycles. The molecule has 0 heterocycles. The van der Waals surface area contributed by atoms with Crippen LogP contribution in [0.3, 0.4) is 0 Å². The van der Waals surface area contributed by atoms with E-state index in [9.17, 15) is 9.59 Å². The normalized spacial score (nSPS) is 11.1. The van der Waals surface area contributed by atoms with Crippen molar-refractivity contribution in [3.63, 3.8) is 0 Å². The molecule has 0 aliphatic rings. The van der Waals surface area contributed by atoms with Crippen LogP contribution in [0.25, 0.3) is 0 Å². The molecule has 0 saturated heterocycles. The summed E-state index contributed by atoms with van der Waals surface area (Å²) >= 11 is 0. The van der Waals surface area contributed by atoms with Gasteiger partial charge in [0.05, 0.1) is 0 Å². The molecule has 0 aromatic heterocycles. The summed E-state index contributed by atoms with van der Waals surface area (Å²) in [6.07, 6.45) is 32.6. The Morgan fingerprint density at radius 2 is 0.649 bits per heavy atom. The van der Waals surface area contributed by atoms with E-state index in [1.165, 1.54) is 160 Å². The summed E-state index contributed by atoms with van der Waals surface area (Å²) in [6, 6.07) is 0. The third-order valence-corrected chi connectivity index (χ3v) is 9.78. The van der Waals surface area contributed by atoms with Gasteiger partial charge >= 0.3 is 0 Å². The molecular formula is C30H60N2O2S3. The highest BCUT2D eigenvalue weighted by molar-refractivity contribution is 9.08. The molecule has 4 nitrogen and oxygen atoms in total. The quantitative estimate of drug-likeness (QED) is 0.0506. The molecular weight excluding hydrogens is 517 g/mol. The Hall–Kier alpha value is -0.0100. The second kappa shape index (κ2) is 32.2. The van der Waals surface area contributed by atoms with Gasteiger partial charge in [-0.05, 0) is 12.8 Å². The van der Waals surface area contributed by atoms with Crippen LogP contribution in [0.4, 0.5) is 0 Å².